The third-order valence-corrected chi connectivity index (χ3v) is 6.71. The van der Waals surface area contributed by atoms with Crippen LogP contribution in [0.1, 0.15) is 34.7 Å². The average molecular weight is 535 g/mol. The number of hydrazine groups is 1. The first-order valence-corrected chi connectivity index (χ1v) is 12.6. The largest absolute Gasteiger partial charge is 0.416 e. The number of alkyl halides is 3. The first kappa shape index (κ1) is 27.9. The number of hydrogen-bond acceptors (Lipinski definition) is 6. The maximum absolute atomic E-state index is 13.9. The lowest BCUT2D eigenvalue weighted by Gasteiger charge is -2.41. The average Bonchev–Trinajstić information content (AvgIpc) is 2.91. The Labute approximate surface area is 227 Å². The lowest BCUT2D eigenvalue weighted by Crippen LogP contribution is -2.53. The summed E-state index contributed by atoms with van der Waals surface area (Å²) >= 11 is 0. The van der Waals surface area contributed by atoms with Crippen molar-refractivity contribution in [3.05, 3.63) is 113 Å². The normalized spacial score (nSPS) is 15.1. The lowest BCUT2D eigenvalue weighted by molar-refractivity contribution is -0.140. The second-order valence-corrected chi connectivity index (χ2v) is 9.48. The molecule has 4 N–H and O–H groups in total. The van der Waals surface area contributed by atoms with Crippen molar-refractivity contribution in [3.63, 3.8) is 0 Å². The van der Waals surface area contributed by atoms with Crippen molar-refractivity contribution in [3.8, 4) is 0 Å². The first-order valence-electron chi connectivity index (χ1n) is 12.6. The fourth-order valence-electron chi connectivity index (χ4n) is 4.31. The highest BCUT2D eigenvalue weighted by Gasteiger charge is 2.35. The quantitative estimate of drug-likeness (QED) is 0.274. The molecule has 1 aromatic heterocycles. The number of allylic oxidation sites excluding steroid dienone is 3. The van der Waals surface area contributed by atoms with Gasteiger partial charge in [0.15, 0.2) is 0 Å². The van der Waals surface area contributed by atoms with Crippen LogP contribution in [0.4, 0.5) is 24.5 Å². The molecule has 204 valence electrons. The van der Waals surface area contributed by atoms with Crippen molar-refractivity contribution in [2.75, 3.05) is 30.8 Å². The van der Waals surface area contributed by atoms with E-state index in [4.69, 9.17) is 5.73 Å². The minimum atomic E-state index is -4.47. The van der Waals surface area contributed by atoms with E-state index in [9.17, 15) is 13.2 Å². The molecular weight excluding hydrogens is 501 g/mol. The molecular formula is C30H33F3N6. The number of aryl methyl sites for hydroxylation is 1. The van der Waals surface area contributed by atoms with Crippen LogP contribution in [0.3, 0.4) is 0 Å². The second-order valence-electron chi connectivity index (χ2n) is 9.48. The van der Waals surface area contributed by atoms with Crippen LogP contribution in [0.2, 0.25) is 0 Å². The summed E-state index contributed by atoms with van der Waals surface area (Å²) in [7, 11) is 1.87. The van der Waals surface area contributed by atoms with Gasteiger partial charge in [0.25, 0.3) is 0 Å². The zero-order valence-corrected chi connectivity index (χ0v) is 22.3. The number of benzene rings is 2. The van der Waals surface area contributed by atoms with Crippen LogP contribution in [0.25, 0.3) is 11.3 Å². The molecule has 2 aromatic carbocycles. The molecule has 1 aliphatic heterocycles. The molecule has 0 spiro atoms. The van der Waals surface area contributed by atoms with Crippen molar-refractivity contribution in [1.29, 1.82) is 0 Å². The zero-order chi connectivity index (χ0) is 28.2. The van der Waals surface area contributed by atoms with Crippen molar-refractivity contribution in [2.24, 2.45) is 5.73 Å². The molecule has 0 bridgehead atoms. The van der Waals surface area contributed by atoms with E-state index >= 15 is 0 Å². The van der Waals surface area contributed by atoms with Gasteiger partial charge >= 0.3 is 6.18 Å². The number of anilines is 2. The number of rotatable bonds is 9. The lowest BCUT2D eigenvalue weighted by atomic mass is 10.0. The predicted octanol–water partition coefficient (Wildman–Crippen LogP) is 6.47. The molecule has 0 amide bonds. The van der Waals surface area contributed by atoms with E-state index in [2.05, 4.69) is 22.2 Å². The van der Waals surface area contributed by atoms with Crippen LogP contribution in [0, 0.1) is 6.92 Å². The first-order chi connectivity index (χ1) is 18.5. The molecule has 0 radical (unpaired) electrons. The van der Waals surface area contributed by atoms with Crippen LogP contribution in [0.5, 0.6) is 0 Å². The maximum atomic E-state index is 13.9. The Balaban J connectivity index is 1.51. The van der Waals surface area contributed by atoms with Crippen LogP contribution in [-0.4, -0.2) is 35.1 Å². The molecule has 4 rings (SSSR count). The minimum Gasteiger partial charge on any atom is -0.385 e. The van der Waals surface area contributed by atoms with Crippen LogP contribution >= 0.6 is 0 Å². The number of nitrogens with two attached hydrogens (primary N) is 1. The van der Waals surface area contributed by atoms with Crippen LogP contribution in [0.15, 0.2) is 85.5 Å². The number of nitrogens with one attached hydrogen (secondary N) is 2. The Kier molecular flexibility index (Phi) is 8.42. The molecule has 1 aliphatic rings. The van der Waals surface area contributed by atoms with Gasteiger partial charge in [0, 0.05) is 56.1 Å². The van der Waals surface area contributed by atoms with Gasteiger partial charge in [0.05, 0.1) is 5.56 Å². The molecule has 0 aliphatic carbocycles. The van der Waals surface area contributed by atoms with Gasteiger partial charge in [0.2, 0.25) is 0 Å². The van der Waals surface area contributed by atoms with Gasteiger partial charge in [0.1, 0.15) is 5.82 Å². The molecule has 9 heteroatoms. The van der Waals surface area contributed by atoms with Crippen molar-refractivity contribution >= 4 is 22.6 Å². The summed E-state index contributed by atoms with van der Waals surface area (Å²) in [6.45, 7) is 9.67. The van der Waals surface area contributed by atoms with Crippen LogP contribution < -0.4 is 16.4 Å². The van der Waals surface area contributed by atoms with Gasteiger partial charge in [-0.15, -0.1) is 0 Å². The number of hydrogen-bond donors (Lipinski definition) is 3. The van der Waals surface area contributed by atoms with Crippen molar-refractivity contribution < 1.29 is 13.2 Å². The van der Waals surface area contributed by atoms with Crippen LogP contribution in [-0.2, 0) is 12.7 Å². The second kappa shape index (κ2) is 11.8. The van der Waals surface area contributed by atoms with E-state index in [-0.39, 0.29) is 12.1 Å². The van der Waals surface area contributed by atoms with E-state index in [0.29, 0.717) is 22.8 Å². The number of pyridine rings is 1. The summed E-state index contributed by atoms with van der Waals surface area (Å²) in [6.07, 6.45) is 2.78. The molecule has 3 aromatic rings. The molecule has 39 heavy (non-hydrogen) atoms. The minimum absolute atomic E-state index is 0.211. The van der Waals surface area contributed by atoms with E-state index < -0.39 is 11.7 Å². The van der Waals surface area contributed by atoms with Gasteiger partial charge in [-0.05, 0) is 72.0 Å². The fraction of sp³-hybridized carbons (Fsp3) is 0.233. The Morgan fingerprint density at radius 1 is 1.10 bits per heavy atom. The van der Waals surface area contributed by atoms with Gasteiger partial charge in [-0.25, -0.2) is 10.0 Å². The summed E-state index contributed by atoms with van der Waals surface area (Å²) in [4.78, 5) is 4.15. The van der Waals surface area contributed by atoms with Gasteiger partial charge in [-0.1, -0.05) is 36.9 Å². The highest BCUT2D eigenvalue weighted by Crippen LogP contribution is 2.35. The Bertz CT molecular complexity index is 1400. The van der Waals surface area contributed by atoms with Gasteiger partial charge < -0.3 is 16.4 Å². The molecule has 1 fully saturated rings. The molecule has 0 saturated carbocycles. The Morgan fingerprint density at radius 3 is 2.51 bits per heavy atom. The maximum Gasteiger partial charge on any atom is 0.416 e. The predicted molar refractivity (Wildman–Crippen MR) is 152 cm³/mol. The molecule has 0 atom stereocenters. The standard InChI is InChI=1S/C30H33F3N6/c1-5-22(24-7-6-12-35-18-24)16-29(34)37-28-17-26(11-8-20(28)2)36-21(3)23-9-10-25(19-39-14-13-38(39)4)27(15-23)30(31,32)33/h5-12,15-18,36-37H,3,13-14,19,34H2,1-2,4H3/b22-5+,29-16+. The summed E-state index contributed by atoms with van der Waals surface area (Å²) in [5.74, 6) is 0.435. The highest BCUT2D eigenvalue weighted by molar-refractivity contribution is 5.79. The van der Waals surface area contributed by atoms with E-state index in [1.807, 2.05) is 73.4 Å². The van der Waals surface area contributed by atoms with Crippen molar-refractivity contribution in [1.82, 2.24) is 15.0 Å². The topological polar surface area (TPSA) is 69.4 Å². The summed E-state index contributed by atoms with van der Waals surface area (Å²) < 4.78 is 41.7. The monoisotopic (exact) mass is 534 g/mol. The number of likely N-dealkylation sites (N-methyl/N-ethyl adjacent to an activating group) is 1. The third kappa shape index (κ3) is 6.87. The number of aromatic nitrogens is 1. The highest BCUT2D eigenvalue weighted by atomic mass is 19.4. The SMILES string of the molecule is C=C(Nc1ccc(C)c(N/C(N)=C/C(=C\C)c2cccnc2)c1)c1ccc(CN2CCN2C)c(C(F)(F)F)c1. The summed E-state index contributed by atoms with van der Waals surface area (Å²) in [5, 5.41) is 10.2. The van der Waals surface area contributed by atoms with E-state index in [1.54, 1.807) is 18.5 Å². The number of halogens is 3. The fourth-order valence-corrected chi connectivity index (χ4v) is 4.31. The van der Waals surface area contributed by atoms with Gasteiger partial charge in [-0.3, -0.25) is 4.98 Å². The molecule has 0 unspecified atom stereocenters. The molecule has 6 nitrogen and oxygen atoms in total. The van der Waals surface area contributed by atoms with E-state index in [0.717, 1.165) is 41.5 Å². The Hall–Kier alpha value is -4.08. The zero-order valence-electron chi connectivity index (χ0n) is 22.3. The number of nitrogens with zero attached hydrogens (tertiary/aromatic N) is 3. The summed E-state index contributed by atoms with van der Waals surface area (Å²) in [5.41, 5.74) is 10.8. The molecule has 2 heterocycles. The Morgan fingerprint density at radius 2 is 1.90 bits per heavy atom. The third-order valence-electron chi connectivity index (χ3n) is 6.71. The molecule has 1 saturated heterocycles. The van der Waals surface area contributed by atoms with Crippen molar-refractivity contribution in [2.45, 2.75) is 26.6 Å². The van der Waals surface area contributed by atoms with E-state index in [1.165, 1.54) is 6.07 Å². The summed E-state index contributed by atoms with van der Waals surface area (Å²) in [6, 6.07) is 13.8. The van der Waals surface area contributed by atoms with Gasteiger partial charge in [-0.2, -0.15) is 13.2 Å². The smallest absolute Gasteiger partial charge is 0.385 e.